The highest BCUT2D eigenvalue weighted by molar-refractivity contribution is 5.99. The van der Waals surface area contributed by atoms with Crippen LogP contribution in [0.4, 0.5) is 0 Å². The van der Waals surface area contributed by atoms with Gasteiger partial charge in [0.1, 0.15) is 18.2 Å². The van der Waals surface area contributed by atoms with Crippen molar-refractivity contribution in [2.24, 2.45) is 5.73 Å². The normalized spacial score (nSPS) is 14.1. The smallest absolute Gasteiger partial charge is 0.252 e. The Bertz CT molecular complexity index is 1320. The Hall–Kier alpha value is -4.22. The summed E-state index contributed by atoms with van der Waals surface area (Å²) in [6.45, 7) is 2.55. The molecule has 32 heavy (non-hydrogen) atoms. The quantitative estimate of drug-likeness (QED) is 0.510. The fourth-order valence-corrected chi connectivity index (χ4v) is 3.89. The van der Waals surface area contributed by atoms with E-state index in [2.05, 4.69) is 33.2 Å². The van der Waals surface area contributed by atoms with Gasteiger partial charge in [0, 0.05) is 25.2 Å². The summed E-state index contributed by atoms with van der Waals surface area (Å²) in [6.07, 6.45) is 1.58. The summed E-state index contributed by atoms with van der Waals surface area (Å²) in [6, 6.07) is 21.1. The van der Waals surface area contributed by atoms with Crippen molar-refractivity contribution < 1.29 is 9.53 Å². The van der Waals surface area contributed by atoms with Crippen molar-refractivity contribution in [2.45, 2.75) is 12.6 Å². The lowest BCUT2D eigenvalue weighted by atomic mass is 10.1. The van der Waals surface area contributed by atoms with E-state index in [0.29, 0.717) is 16.8 Å². The average Bonchev–Trinajstić information content (AvgIpc) is 3.28. The van der Waals surface area contributed by atoms with E-state index in [1.807, 2.05) is 30.3 Å². The molecule has 0 bridgehead atoms. The van der Waals surface area contributed by atoms with Gasteiger partial charge in [-0.25, -0.2) is 9.50 Å². The van der Waals surface area contributed by atoms with Gasteiger partial charge in [0.25, 0.3) is 5.91 Å². The van der Waals surface area contributed by atoms with Crippen LogP contribution in [0.5, 0.6) is 5.75 Å². The van der Waals surface area contributed by atoms with E-state index < -0.39 is 5.91 Å². The molecule has 8 heteroatoms. The first-order valence-corrected chi connectivity index (χ1v) is 10.2. The van der Waals surface area contributed by atoms with E-state index in [1.165, 1.54) is 11.9 Å². The minimum absolute atomic E-state index is 0.159. The van der Waals surface area contributed by atoms with Crippen molar-refractivity contribution in [3.05, 3.63) is 83.7 Å². The van der Waals surface area contributed by atoms with Gasteiger partial charge in [-0.15, -0.1) is 0 Å². The number of rotatable bonds is 6. The van der Waals surface area contributed by atoms with Crippen LogP contribution in [0, 0.1) is 11.3 Å². The lowest BCUT2D eigenvalue weighted by Crippen LogP contribution is -2.53. The number of ether oxygens (including phenoxy) is 1. The number of nitrogens with zero attached hydrogens (tertiary/aromatic N) is 5. The van der Waals surface area contributed by atoms with Gasteiger partial charge in [0.15, 0.2) is 5.65 Å². The molecule has 8 nitrogen and oxygen atoms in total. The molecule has 1 saturated heterocycles. The molecule has 2 N–H and O–H groups in total. The highest BCUT2D eigenvalue weighted by atomic mass is 16.5. The second-order valence-corrected chi connectivity index (χ2v) is 7.76. The van der Waals surface area contributed by atoms with E-state index in [0.717, 1.165) is 36.6 Å². The predicted molar refractivity (Wildman–Crippen MR) is 118 cm³/mol. The topological polar surface area (TPSA) is 110 Å². The van der Waals surface area contributed by atoms with Crippen LogP contribution < -0.4 is 10.5 Å². The molecular formula is C24H20N6O2. The molecule has 0 spiro atoms. The lowest BCUT2D eigenvalue weighted by Gasteiger charge is -2.39. The summed E-state index contributed by atoms with van der Waals surface area (Å²) in [5, 5.41) is 13.1. The van der Waals surface area contributed by atoms with Crippen LogP contribution in [0.2, 0.25) is 0 Å². The minimum atomic E-state index is -0.527. The molecule has 0 aliphatic carbocycles. The zero-order valence-corrected chi connectivity index (χ0v) is 17.2. The molecule has 1 aliphatic heterocycles. The van der Waals surface area contributed by atoms with Crippen LogP contribution in [0.25, 0.3) is 16.9 Å². The summed E-state index contributed by atoms with van der Waals surface area (Å²) in [7, 11) is 0. The van der Waals surface area contributed by atoms with Crippen LogP contribution in [0.15, 0.2) is 67.0 Å². The molecule has 5 rings (SSSR count). The Labute approximate surface area is 184 Å². The maximum atomic E-state index is 11.6. The molecule has 4 aromatic rings. The number of nitrogens with two attached hydrogens (primary N) is 1. The van der Waals surface area contributed by atoms with Crippen molar-refractivity contribution in [2.75, 3.05) is 13.1 Å². The zero-order valence-electron chi connectivity index (χ0n) is 17.2. The number of fused-ring (bicyclic) bond motifs is 1. The van der Waals surface area contributed by atoms with Gasteiger partial charge in [0.2, 0.25) is 0 Å². The first-order chi connectivity index (χ1) is 15.6. The van der Waals surface area contributed by atoms with Crippen LogP contribution in [0.3, 0.4) is 0 Å². The largest absolute Gasteiger partial charge is 0.488 e. The van der Waals surface area contributed by atoms with Crippen molar-refractivity contribution in [1.29, 1.82) is 5.26 Å². The van der Waals surface area contributed by atoms with E-state index in [-0.39, 0.29) is 6.10 Å². The molecule has 2 aromatic heterocycles. The third-order valence-electron chi connectivity index (χ3n) is 5.56. The molecule has 1 fully saturated rings. The van der Waals surface area contributed by atoms with Gasteiger partial charge >= 0.3 is 0 Å². The Morgan fingerprint density at radius 1 is 1.09 bits per heavy atom. The molecule has 0 radical (unpaired) electrons. The molecular weight excluding hydrogens is 404 g/mol. The molecule has 158 valence electrons. The first kappa shape index (κ1) is 19.7. The fraction of sp³-hybridized carbons (Fsp3) is 0.167. The Morgan fingerprint density at radius 3 is 2.53 bits per heavy atom. The van der Waals surface area contributed by atoms with Crippen molar-refractivity contribution >= 4 is 11.6 Å². The lowest BCUT2D eigenvalue weighted by molar-refractivity contribution is 0.0146. The number of likely N-dealkylation sites (tertiary alicyclic amines) is 1. The summed E-state index contributed by atoms with van der Waals surface area (Å²) >= 11 is 0. The number of hydrogen-bond acceptors (Lipinski definition) is 6. The van der Waals surface area contributed by atoms with Crippen LogP contribution >= 0.6 is 0 Å². The Kier molecular flexibility index (Phi) is 5.01. The van der Waals surface area contributed by atoms with Gasteiger partial charge in [-0.3, -0.25) is 9.69 Å². The monoisotopic (exact) mass is 424 g/mol. The van der Waals surface area contributed by atoms with Gasteiger partial charge < -0.3 is 10.5 Å². The minimum Gasteiger partial charge on any atom is -0.488 e. The molecule has 0 saturated carbocycles. The van der Waals surface area contributed by atoms with Gasteiger partial charge in [-0.05, 0) is 42.0 Å². The molecule has 0 unspecified atom stereocenters. The predicted octanol–water partition coefficient (Wildman–Crippen LogP) is 2.63. The standard InChI is InChI=1S/C24H20N6O2/c25-11-16-3-7-19(8-4-16)32-20-13-29(14-20)12-17-1-5-18(6-2-17)22-10-9-21(23(26)31)24-27-15-28-30(22)24/h1-10,15,20H,12-14H2,(H2,26,31). The highest BCUT2D eigenvalue weighted by Crippen LogP contribution is 2.24. The maximum Gasteiger partial charge on any atom is 0.252 e. The molecule has 1 aliphatic rings. The third kappa shape index (κ3) is 3.77. The fourth-order valence-electron chi connectivity index (χ4n) is 3.89. The van der Waals surface area contributed by atoms with E-state index in [1.54, 1.807) is 22.7 Å². The van der Waals surface area contributed by atoms with Crippen LogP contribution in [-0.4, -0.2) is 44.6 Å². The van der Waals surface area contributed by atoms with Gasteiger partial charge in [-0.1, -0.05) is 24.3 Å². The van der Waals surface area contributed by atoms with E-state index >= 15 is 0 Å². The highest BCUT2D eigenvalue weighted by Gasteiger charge is 2.28. The number of benzene rings is 2. The Morgan fingerprint density at radius 2 is 1.84 bits per heavy atom. The summed E-state index contributed by atoms with van der Waals surface area (Å²) < 4.78 is 7.59. The zero-order chi connectivity index (χ0) is 22.1. The number of pyridine rings is 1. The number of hydrogen-bond donors (Lipinski definition) is 1. The summed E-state index contributed by atoms with van der Waals surface area (Å²) in [5.41, 5.74) is 9.88. The molecule has 2 aromatic carbocycles. The second kappa shape index (κ2) is 8.13. The number of aromatic nitrogens is 3. The Balaban J connectivity index is 1.21. The number of nitriles is 1. The van der Waals surface area contributed by atoms with Crippen molar-refractivity contribution in [3.63, 3.8) is 0 Å². The number of primary amides is 1. The van der Waals surface area contributed by atoms with Crippen molar-refractivity contribution in [3.8, 4) is 23.1 Å². The maximum absolute atomic E-state index is 11.6. The van der Waals surface area contributed by atoms with Crippen LogP contribution in [-0.2, 0) is 6.54 Å². The van der Waals surface area contributed by atoms with Crippen molar-refractivity contribution in [1.82, 2.24) is 19.5 Å². The third-order valence-corrected chi connectivity index (χ3v) is 5.56. The van der Waals surface area contributed by atoms with Crippen LogP contribution in [0.1, 0.15) is 21.5 Å². The average molecular weight is 424 g/mol. The van der Waals surface area contributed by atoms with E-state index in [4.69, 9.17) is 15.7 Å². The molecule has 1 amide bonds. The first-order valence-electron chi connectivity index (χ1n) is 10.2. The summed E-state index contributed by atoms with van der Waals surface area (Å²) in [4.78, 5) is 18.1. The van der Waals surface area contributed by atoms with Gasteiger partial charge in [0.05, 0.1) is 22.9 Å². The summed E-state index contributed by atoms with van der Waals surface area (Å²) in [5.74, 6) is 0.265. The van der Waals surface area contributed by atoms with E-state index in [9.17, 15) is 4.79 Å². The second-order valence-electron chi connectivity index (χ2n) is 7.76. The molecule has 3 heterocycles. The number of carbonyl (C=O) groups is 1. The number of amides is 1. The molecule has 0 atom stereocenters. The van der Waals surface area contributed by atoms with Gasteiger partial charge in [-0.2, -0.15) is 10.4 Å². The number of carbonyl (C=O) groups excluding carboxylic acids is 1. The SMILES string of the molecule is N#Cc1ccc(OC2CN(Cc3ccc(-c4ccc(C(N)=O)c5ncnn45)cc3)C2)cc1.